The molecule has 5 nitrogen and oxygen atoms in total. The van der Waals surface area contributed by atoms with E-state index in [1.54, 1.807) is 0 Å². The van der Waals surface area contributed by atoms with Gasteiger partial charge in [-0.15, -0.1) is 0 Å². The van der Waals surface area contributed by atoms with E-state index in [4.69, 9.17) is 0 Å². The van der Waals surface area contributed by atoms with Crippen LogP contribution in [0, 0.1) is 5.82 Å². The normalized spacial score (nSPS) is 26.7. The van der Waals surface area contributed by atoms with Crippen LogP contribution in [0.15, 0.2) is 23.2 Å². The van der Waals surface area contributed by atoms with Gasteiger partial charge in [-0.05, 0) is 48.0 Å². The van der Waals surface area contributed by atoms with Crippen LogP contribution in [0.2, 0.25) is 0 Å². The Kier molecular flexibility index (Phi) is 3.83. The number of hydrogen-bond acceptors (Lipinski definition) is 4. The molecule has 2 fully saturated rings. The fourth-order valence-corrected chi connectivity index (χ4v) is 4.35. The summed E-state index contributed by atoms with van der Waals surface area (Å²) in [5.74, 6) is 0.247. The van der Waals surface area contributed by atoms with Crippen LogP contribution in [0.3, 0.4) is 0 Å². The minimum atomic E-state index is -0.243. The van der Waals surface area contributed by atoms with Crippen molar-refractivity contribution in [1.29, 1.82) is 0 Å². The Labute approximate surface area is 143 Å². The minimum absolute atomic E-state index is 0.243. The molecule has 0 amide bonds. The van der Waals surface area contributed by atoms with Gasteiger partial charge in [-0.2, -0.15) is 5.10 Å². The lowest BCUT2D eigenvalue weighted by Crippen LogP contribution is -2.44. The van der Waals surface area contributed by atoms with Gasteiger partial charge in [-0.3, -0.25) is 4.68 Å². The molecule has 23 heavy (non-hydrogen) atoms. The minimum Gasteiger partial charge on any atom is -0.348 e. The molecule has 122 valence electrons. The first-order valence-electron chi connectivity index (χ1n) is 8.14. The number of fused-ring (bicyclic) bond motifs is 2. The molecule has 2 aliphatic rings. The van der Waals surface area contributed by atoms with Gasteiger partial charge in [0.15, 0.2) is 11.6 Å². The van der Waals surface area contributed by atoms with E-state index in [0.29, 0.717) is 36.1 Å². The molecule has 2 bridgehead atoms. The van der Waals surface area contributed by atoms with Crippen molar-refractivity contribution in [2.75, 3.05) is 4.90 Å². The zero-order chi connectivity index (χ0) is 16.0. The summed E-state index contributed by atoms with van der Waals surface area (Å²) in [6.07, 6.45) is 10.1. The van der Waals surface area contributed by atoms with Gasteiger partial charge in [-0.1, -0.05) is 6.92 Å². The molecule has 2 unspecified atom stereocenters. The fourth-order valence-electron chi connectivity index (χ4n) is 4.05. The lowest BCUT2D eigenvalue weighted by atomic mass is 9.97. The summed E-state index contributed by atoms with van der Waals surface area (Å²) >= 11 is 3.46. The van der Waals surface area contributed by atoms with Gasteiger partial charge >= 0.3 is 0 Å². The van der Waals surface area contributed by atoms with Gasteiger partial charge in [0.1, 0.15) is 6.33 Å². The van der Waals surface area contributed by atoms with Gasteiger partial charge in [0.25, 0.3) is 0 Å². The van der Waals surface area contributed by atoms with E-state index in [0.717, 1.165) is 30.2 Å². The number of aromatic nitrogens is 4. The topological polar surface area (TPSA) is 46.8 Å². The van der Waals surface area contributed by atoms with E-state index in [-0.39, 0.29) is 5.82 Å². The summed E-state index contributed by atoms with van der Waals surface area (Å²) in [4.78, 5) is 10.5. The van der Waals surface area contributed by atoms with E-state index < -0.39 is 0 Å². The van der Waals surface area contributed by atoms with E-state index in [9.17, 15) is 4.39 Å². The van der Waals surface area contributed by atoms with Gasteiger partial charge in [0, 0.05) is 18.3 Å². The third kappa shape index (κ3) is 2.55. The average Bonchev–Trinajstić information content (AvgIpc) is 3.09. The van der Waals surface area contributed by atoms with Crippen molar-refractivity contribution in [3.8, 4) is 0 Å². The summed E-state index contributed by atoms with van der Waals surface area (Å²) in [6, 6.07) is 1.04. The summed E-state index contributed by atoms with van der Waals surface area (Å²) in [6.45, 7) is 1.92. The molecule has 7 heteroatoms. The standard InChI is InChI=1S/C16H19BrFN5/c1-2-14-15(18)16(20-9-19-14)23-11-3-4-12(23)6-13(5-11)22-8-10(17)7-21-22/h7-9,11-13H,2-6H2,1H3. The molecule has 2 aliphatic heterocycles. The second-order valence-corrected chi connectivity index (χ2v) is 7.28. The first-order chi connectivity index (χ1) is 11.2. The predicted octanol–water partition coefficient (Wildman–Crippen LogP) is 3.51. The van der Waals surface area contributed by atoms with Crippen molar-refractivity contribution < 1.29 is 4.39 Å². The van der Waals surface area contributed by atoms with Gasteiger partial charge in [0.05, 0.1) is 22.4 Å². The molecule has 0 aromatic carbocycles. The lowest BCUT2D eigenvalue weighted by Gasteiger charge is -2.39. The monoisotopic (exact) mass is 379 g/mol. The molecule has 0 spiro atoms. The Hall–Kier alpha value is -1.50. The SMILES string of the molecule is CCc1ncnc(N2C3CCC2CC(n2cc(Br)cn2)C3)c1F. The molecule has 0 radical (unpaired) electrons. The first-order valence-corrected chi connectivity index (χ1v) is 8.94. The average molecular weight is 380 g/mol. The number of rotatable bonds is 3. The highest BCUT2D eigenvalue weighted by atomic mass is 79.9. The lowest BCUT2D eigenvalue weighted by molar-refractivity contribution is 0.311. The molecule has 4 heterocycles. The number of hydrogen-bond donors (Lipinski definition) is 0. The van der Waals surface area contributed by atoms with Crippen LogP contribution < -0.4 is 4.90 Å². The maximum Gasteiger partial charge on any atom is 0.187 e. The maximum absolute atomic E-state index is 14.7. The summed E-state index contributed by atoms with van der Waals surface area (Å²) in [5.41, 5.74) is 0.507. The molecule has 2 atom stereocenters. The highest BCUT2D eigenvalue weighted by Crippen LogP contribution is 2.43. The molecular formula is C16H19BrFN5. The highest BCUT2D eigenvalue weighted by molar-refractivity contribution is 9.10. The van der Waals surface area contributed by atoms with Crippen molar-refractivity contribution in [1.82, 2.24) is 19.7 Å². The molecule has 4 rings (SSSR count). The number of piperidine rings is 1. The van der Waals surface area contributed by atoms with E-state index in [1.807, 2.05) is 24.0 Å². The number of aryl methyl sites for hydroxylation is 1. The van der Waals surface area contributed by atoms with Crippen LogP contribution in [0.1, 0.15) is 44.3 Å². The largest absolute Gasteiger partial charge is 0.348 e. The Morgan fingerprint density at radius 2 is 1.96 bits per heavy atom. The fraction of sp³-hybridized carbons (Fsp3) is 0.562. The van der Waals surface area contributed by atoms with Crippen molar-refractivity contribution in [2.45, 2.75) is 57.2 Å². The third-order valence-electron chi connectivity index (χ3n) is 5.08. The molecule has 0 aliphatic carbocycles. The first kappa shape index (κ1) is 15.1. The molecule has 2 aromatic rings. The third-order valence-corrected chi connectivity index (χ3v) is 5.48. The Balaban J connectivity index is 1.62. The van der Waals surface area contributed by atoms with Crippen LogP contribution in [0.25, 0.3) is 0 Å². The summed E-state index contributed by atoms with van der Waals surface area (Å²) in [7, 11) is 0. The van der Waals surface area contributed by atoms with Crippen LogP contribution in [0.4, 0.5) is 10.2 Å². The maximum atomic E-state index is 14.7. The molecular weight excluding hydrogens is 361 g/mol. The molecule has 2 aromatic heterocycles. The quantitative estimate of drug-likeness (QED) is 0.818. The van der Waals surface area contributed by atoms with Crippen LogP contribution in [-0.4, -0.2) is 31.8 Å². The molecule has 2 saturated heterocycles. The van der Waals surface area contributed by atoms with Gasteiger partial charge in [0.2, 0.25) is 0 Å². The number of halogens is 2. The van der Waals surface area contributed by atoms with Crippen molar-refractivity contribution in [3.63, 3.8) is 0 Å². The zero-order valence-corrected chi connectivity index (χ0v) is 14.6. The second-order valence-electron chi connectivity index (χ2n) is 6.37. The smallest absolute Gasteiger partial charge is 0.187 e. The summed E-state index contributed by atoms with van der Waals surface area (Å²) < 4.78 is 17.7. The van der Waals surface area contributed by atoms with Crippen LogP contribution in [0.5, 0.6) is 0 Å². The van der Waals surface area contributed by atoms with Crippen molar-refractivity contribution in [3.05, 3.63) is 34.7 Å². The second kappa shape index (κ2) is 5.85. The Bertz CT molecular complexity index is 704. The summed E-state index contributed by atoms with van der Waals surface area (Å²) in [5, 5.41) is 4.43. The number of anilines is 1. The number of nitrogens with zero attached hydrogens (tertiary/aromatic N) is 5. The Morgan fingerprint density at radius 3 is 2.57 bits per heavy atom. The van der Waals surface area contributed by atoms with E-state index in [1.165, 1.54) is 6.33 Å². The van der Waals surface area contributed by atoms with Crippen molar-refractivity contribution in [2.24, 2.45) is 0 Å². The van der Waals surface area contributed by atoms with Gasteiger partial charge in [-0.25, -0.2) is 14.4 Å². The van der Waals surface area contributed by atoms with Crippen LogP contribution >= 0.6 is 15.9 Å². The highest BCUT2D eigenvalue weighted by Gasteiger charge is 2.43. The van der Waals surface area contributed by atoms with Crippen LogP contribution in [-0.2, 0) is 6.42 Å². The zero-order valence-electron chi connectivity index (χ0n) is 13.0. The Morgan fingerprint density at radius 1 is 1.22 bits per heavy atom. The van der Waals surface area contributed by atoms with E-state index in [2.05, 4.69) is 35.9 Å². The van der Waals surface area contributed by atoms with Crippen molar-refractivity contribution >= 4 is 21.7 Å². The van der Waals surface area contributed by atoms with Gasteiger partial charge < -0.3 is 4.90 Å². The van der Waals surface area contributed by atoms with E-state index >= 15 is 0 Å². The molecule has 0 saturated carbocycles. The predicted molar refractivity (Wildman–Crippen MR) is 88.9 cm³/mol. The molecule has 0 N–H and O–H groups in total.